The Bertz CT molecular complexity index is 896. The first kappa shape index (κ1) is 20.9. The van der Waals surface area contributed by atoms with E-state index in [1.807, 2.05) is 13.8 Å². The van der Waals surface area contributed by atoms with Crippen molar-refractivity contribution in [3.05, 3.63) is 40.6 Å². The number of hydrogen-bond donors (Lipinski definition) is 2. The van der Waals surface area contributed by atoms with Gasteiger partial charge in [-0.2, -0.15) is 4.98 Å². The fourth-order valence-corrected chi connectivity index (χ4v) is 5.39. The van der Waals surface area contributed by atoms with Crippen molar-refractivity contribution >= 4 is 0 Å². The second kappa shape index (κ2) is 8.04. The number of phenols is 1. The van der Waals surface area contributed by atoms with E-state index in [-0.39, 0.29) is 17.8 Å². The van der Waals surface area contributed by atoms with E-state index >= 15 is 0 Å². The Morgan fingerprint density at radius 1 is 1.10 bits per heavy atom. The molecule has 0 spiro atoms. The van der Waals surface area contributed by atoms with E-state index in [9.17, 15) is 10.2 Å². The molecule has 2 heterocycles. The molecule has 0 unspecified atom stereocenters. The van der Waals surface area contributed by atoms with E-state index in [1.54, 1.807) is 13.3 Å². The van der Waals surface area contributed by atoms with Gasteiger partial charge in [0.1, 0.15) is 11.4 Å². The molecule has 2 fully saturated rings. The van der Waals surface area contributed by atoms with Crippen molar-refractivity contribution in [2.24, 2.45) is 11.8 Å². The summed E-state index contributed by atoms with van der Waals surface area (Å²) in [5, 5.41) is 22.0. The molecular weight excluding hydrogens is 382 g/mol. The third-order valence-electron chi connectivity index (χ3n) is 6.80. The maximum Gasteiger partial charge on any atom is 0.319 e. The van der Waals surface area contributed by atoms with Gasteiger partial charge in [0.05, 0.1) is 19.8 Å². The van der Waals surface area contributed by atoms with Crippen LogP contribution in [0.5, 0.6) is 17.6 Å². The SMILES string of the molecule is COc1ncc(C2(O)[C@@H]3CCC[C@@H]2CN(Cc2cc(C)c(O)c(C)c2)C3)c(OC)n1. The quantitative estimate of drug-likeness (QED) is 0.779. The number of aryl methyl sites for hydroxylation is 2. The van der Waals surface area contributed by atoms with Crippen LogP contribution >= 0.6 is 0 Å². The third kappa shape index (κ3) is 3.50. The molecule has 7 heteroatoms. The number of rotatable bonds is 5. The average Bonchev–Trinajstić information content (AvgIpc) is 2.72. The lowest BCUT2D eigenvalue weighted by Gasteiger charge is -2.53. The second-order valence-corrected chi connectivity index (χ2v) is 8.70. The van der Waals surface area contributed by atoms with Crippen LogP contribution in [0, 0.1) is 25.7 Å². The van der Waals surface area contributed by atoms with Crippen molar-refractivity contribution in [2.75, 3.05) is 27.3 Å². The van der Waals surface area contributed by atoms with Gasteiger partial charge in [0.15, 0.2) is 0 Å². The van der Waals surface area contributed by atoms with Crippen molar-refractivity contribution in [1.29, 1.82) is 0 Å². The van der Waals surface area contributed by atoms with E-state index in [2.05, 4.69) is 27.0 Å². The first-order valence-electron chi connectivity index (χ1n) is 10.6. The van der Waals surface area contributed by atoms with Crippen LogP contribution in [0.15, 0.2) is 18.3 Å². The van der Waals surface area contributed by atoms with Gasteiger partial charge >= 0.3 is 6.01 Å². The van der Waals surface area contributed by atoms with Crippen LogP contribution in [0.25, 0.3) is 0 Å². The summed E-state index contributed by atoms with van der Waals surface area (Å²) < 4.78 is 10.6. The zero-order valence-electron chi connectivity index (χ0n) is 18.2. The van der Waals surface area contributed by atoms with Gasteiger partial charge in [-0.3, -0.25) is 4.90 Å². The molecule has 7 nitrogen and oxygen atoms in total. The van der Waals surface area contributed by atoms with Gasteiger partial charge in [-0.15, -0.1) is 0 Å². The molecule has 1 saturated heterocycles. The number of benzene rings is 1. The minimum atomic E-state index is -1.01. The van der Waals surface area contributed by atoms with Crippen molar-refractivity contribution in [3.8, 4) is 17.6 Å². The standard InChI is InChI=1S/C23H31N3O4/c1-14-8-16(9-15(2)20(14)27)11-26-12-17-6-5-7-18(13-26)23(17,28)19-10-24-22(30-4)25-21(19)29-3/h8-10,17-18,27-28H,5-7,11-13H2,1-4H3/t17-,18-/m1/s1. The number of phenolic OH excluding ortho intramolecular Hbond substituents is 1. The zero-order chi connectivity index (χ0) is 21.5. The smallest absolute Gasteiger partial charge is 0.319 e. The average molecular weight is 414 g/mol. The highest BCUT2D eigenvalue weighted by Gasteiger charge is 2.53. The maximum absolute atomic E-state index is 11.9. The molecular formula is C23H31N3O4. The number of methoxy groups -OCH3 is 2. The second-order valence-electron chi connectivity index (χ2n) is 8.70. The first-order chi connectivity index (χ1) is 14.4. The summed E-state index contributed by atoms with van der Waals surface area (Å²) in [5.74, 6) is 0.917. The summed E-state index contributed by atoms with van der Waals surface area (Å²) in [7, 11) is 3.08. The Kier molecular flexibility index (Phi) is 5.59. The number of aliphatic hydroxyl groups is 1. The fraction of sp³-hybridized carbons (Fsp3) is 0.565. The molecule has 1 aliphatic carbocycles. The monoisotopic (exact) mass is 413 g/mol. The van der Waals surface area contributed by atoms with Gasteiger partial charge in [0, 0.05) is 37.7 Å². The highest BCUT2D eigenvalue weighted by molar-refractivity contribution is 5.42. The summed E-state index contributed by atoms with van der Waals surface area (Å²) in [6.07, 6.45) is 4.68. The Morgan fingerprint density at radius 2 is 1.73 bits per heavy atom. The van der Waals surface area contributed by atoms with E-state index < -0.39 is 5.60 Å². The molecule has 2 N–H and O–H groups in total. The number of aromatic hydroxyl groups is 1. The summed E-state index contributed by atoms with van der Waals surface area (Å²) in [5.41, 5.74) is 2.65. The van der Waals surface area contributed by atoms with E-state index in [0.29, 0.717) is 17.2 Å². The van der Waals surface area contributed by atoms with Gasteiger partial charge in [-0.25, -0.2) is 4.98 Å². The number of nitrogens with zero attached hydrogens (tertiary/aromatic N) is 3. The Balaban J connectivity index is 1.61. The predicted octanol–water partition coefficient (Wildman–Crippen LogP) is 2.94. The van der Waals surface area contributed by atoms with Gasteiger partial charge in [0.2, 0.25) is 5.88 Å². The fourth-order valence-electron chi connectivity index (χ4n) is 5.39. The van der Waals surface area contributed by atoms with Crippen LogP contribution in [-0.2, 0) is 12.1 Å². The lowest BCUT2D eigenvalue weighted by Crippen LogP contribution is -2.58. The van der Waals surface area contributed by atoms with E-state index in [1.165, 1.54) is 12.7 Å². The normalized spacial score (nSPS) is 26.4. The molecule has 2 aromatic rings. The van der Waals surface area contributed by atoms with Crippen LogP contribution in [0.4, 0.5) is 0 Å². The molecule has 2 atom stereocenters. The number of fused-ring (bicyclic) bond motifs is 2. The van der Waals surface area contributed by atoms with Gasteiger partial charge in [0.25, 0.3) is 0 Å². The molecule has 0 amide bonds. The molecule has 2 aliphatic rings. The van der Waals surface area contributed by atoms with Crippen LogP contribution in [-0.4, -0.2) is 52.4 Å². The highest BCUT2D eigenvalue weighted by atomic mass is 16.5. The number of ether oxygens (including phenoxy) is 2. The van der Waals surface area contributed by atoms with Gasteiger partial charge in [-0.05, 0) is 43.4 Å². The summed E-state index contributed by atoms with van der Waals surface area (Å²) in [6, 6.07) is 4.35. The minimum Gasteiger partial charge on any atom is -0.507 e. The molecule has 1 aromatic carbocycles. The molecule has 162 valence electrons. The van der Waals surface area contributed by atoms with Crippen molar-refractivity contribution < 1.29 is 19.7 Å². The molecule has 2 bridgehead atoms. The van der Waals surface area contributed by atoms with Gasteiger partial charge in [-0.1, -0.05) is 18.6 Å². The van der Waals surface area contributed by atoms with Crippen molar-refractivity contribution in [2.45, 2.75) is 45.3 Å². The Morgan fingerprint density at radius 3 is 2.30 bits per heavy atom. The van der Waals surface area contributed by atoms with Crippen LogP contribution in [0.1, 0.15) is 41.5 Å². The number of likely N-dealkylation sites (tertiary alicyclic amines) is 1. The molecule has 1 aliphatic heterocycles. The minimum absolute atomic E-state index is 0.0789. The molecule has 1 saturated carbocycles. The molecule has 30 heavy (non-hydrogen) atoms. The van der Waals surface area contributed by atoms with E-state index in [0.717, 1.165) is 50.0 Å². The van der Waals surface area contributed by atoms with Crippen LogP contribution < -0.4 is 9.47 Å². The largest absolute Gasteiger partial charge is 0.507 e. The molecule has 4 rings (SSSR count). The summed E-state index contributed by atoms with van der Waals surface area (Å²) in [6.45, 7) is 6.26. The summed E-state index contributed by atoms with van der Waals surface area (Å²) in [4.78, 5) is 11.0. The lowest BCUT2D eigenvalue weighted by atomic mass is 9.63. The summed E-state index contributed by atoms with van der Waals surface area (Å²) >= 11 is 0. The first-order valence-corrected chi connectivity index (χ1v) is 10.6. The topological polar surface area (TPSA) is 87.9 Å². The Hall–Kier alpha value is -2.38. The number of piperidine rings is 1. The molecule has 0 radical (unpaired) electrons. The highest BCUT2D eigenvalue weighted by Crippen LogP contribution is 2.51. The predicted molar refractivity (Wildman–Crippen MR) is 113 cm³/mol. The van der Waals surface area contributed by atoms with Crippen LogP contribution in [0.3, 0.4) is 0 Å². The van der Waals surface area contributed by atoms with Gasteiger partial charge < -0.3 is 19.7 Å². The van der Waals surface area contributed by atoms with E-state index in [4.69, 9.17) is 9.47 Å². The van der Waals surface area contributed by atoms with Crippen molar-refractivity contribution in [3.63, 3.8) is 0 Å². The number of aromatic nitrogens is 2. The zero-order valence-corrected chi connectivity index (χ0v) is 18.2. The van der Waals surface area contributed by atoms with Crippen molar-refractivity contribution in [1.82, 2.24) is 14.9 Å². The Labute approximate surface area is 177 Å². The third-order valence-corrected chi connectivity index (χ3v) is 6.80. The maximum atomic E-state index is 11.9. The molecule has 1 aromatic heterocycles. The lowest BCUT2D eigenvalue weighted by molar-refractivity contribution is -0.149. The van der Waals surface area contributed by atoms with Crippen LogP contribution in [0.2, 0.25) is 0 Å². The number of hydrogen-bond acceptors (Lipinski definition) is 7.